The summed E-state index contributed by atoms with van der Waals surface area (Å²) in [5.74, 6) is 2.94. The maximum absolute atomic E-state index is 6.01. The number of rotatable bonds is 4. The predicted octanol–water partition coefficient (Wildman–Crippen LogP) is 2.27. The van der Waals surface area contributed by atoms with E-state index in [-0.39, 0.29) is 0 Å². The lowest BCUT2D eigenvalue weighted by Crippen LogP contribution is -2.14. The molecule has 1 aromatic heterocycles. The number of aryl methyl sites for hydroxylation is 3. The second kappa shape index (κ2) is 5.85. The zero-order valence-electron chi connectivity index (χ0n) is 12.7. The van der Waals surface area contributed by atoms with Crippen molar-refractivity contribution in [1.82, 2.24) is 14.8 Å². The van der Waals surface area contributed by atoms with Crippen molar-refractivity contribution in [2.75, 3.05) is 0 Å². The lowest BCUT2D eigenvalue weighted by molar-refractivity contribution is 0.282. The van der Waals surface area contributed by atoms with Crippen LogP contribution >= 0.6 is 0 Å². The van der Waals surface area contributed by atoms with Crippen molar-refractivity contribution in [2.45, 2.75) is 52.8 Å². The van der Waals surface area contributed by atoms with Gasteiger partial charge in [0.25, 0.3) is 0 Å². The highest BCUT2D eigenvalue weighted by atomic mass is 16.5. The number of ether oxygens (including phenoxy) is 1. The Hall–Kier alpha value is -1.88. The molecule has 3 rings (SSSR count). The third-order valence-corrected chi connectivity index (χ3v) is 4.04. The van der Waals surface area contributed by atoms with Crippen molar-refractivity contribution in [1.29, 1.82) is 0 Å². The number of nitrogens with zero attached hydrogens (tertiary/aromatic N) is 3. The van der Waals surface area contributed by atoms with Crippen LogP contribution in [-0.2, 0) is 26.1 Å². The maximum atomic E-state index is 6.01. The minimum Gasteiger partial charge on any atom is -0.485 e. The molecule has 21 heavy (non-hydrogen) atoms. The summed E-state index contributed by atoms with van der Waals surface area (Å²) in [5, 5.41) is 8.53. The predicted molar refractivity (Wildman–Crippen MR) is 81.1 cm³/mol. The molecule has 2 N–H and O–H groups in total. The van der Waals surface area contributed by atoms with Gasteiger partial charge < -0.3 is 15.0 Å². The Morgan fingerprint density at radius 1 is 1.19 bits per heavy atom. The van der Waals surface area contributed by atoms with Crippen LogP contribution in [0.25, 0.3) is 0 Å². The molecule has 0 radical (unpaired) electrons. The highest BCUT2D eigenvalue weighted by Crippen LogP contribution is 2.26. The maximum Gasteiger partial charge on any atom is 0.171 e. The first-order valence-electron chi connectivity index (χ1n) is 7.53. The molecule has 1 aromatic carbocycles. The molecule has 0 spiro atoms. The molecule has 0 unspecified atom stereocenters. The minimum absolute atomic E-state index is 0.469. The van der Waals surface area contributed by atoms with Crippen LogP contribution in [0, 0.1) is 13.8 Å². The van der Waals surface area contributed by atoms with Gasteiger partial charge in [0.05, 0.1) is 0 Å². The van der Waals surface area contributed by atoms with E-state index in [9.17, 15) is 0 Å². The summed E-state index contributed by atoms with van der Waals surface area (Å²) in [6.07, 6.45) is 3.43. The Morgan fingerprint density at radius 2 is 1.95 bits per heavy atom. The van der Waals surface area contributed by atoms with Gasteiger partial charge in [0.15, 0.2) is 5.82 Å². The van der Waals surface area contributed by atoms with Crippen molar-refractivity contribution in [3.8, 4) is 5.75 Å². The van der Waals surface area contributed by atoms with Gasteiger partial charge in [0.2, 0.25) is 0 Å². The molecular weight excluding hydrogens is 264 g/mol. The van der Waals surface area contributed by atoms with Crippen LogP contribution in [-0.4, -0.2) is 14.8 Å². The van der Waals surface area contributed by atoms with Gasteiger partial charge in [0, 0.05) is 19.5 Å². The SMILES string of the molecule is Cc1cc(CN)cc(C)c1OCc1nnc2n1CCCC2. The molecule has 5 heteroatoms. The second-order valence-electron chi connectivity index (χ2n) is 5.69. The zero-order chi connectivity index (χ0) is 14.8. The van der Waals surface area contributed by atoms with Crippen molar-refractivity contribution < 1.29 is 4.74 Å². The van der Waals surface area contributed by atoms with E-state index in [4.69, 9.17) is 10.5 Å². The summed E-state index contributed by atoms with van der Waals surface area (Å²) >= 11 is 0. The summed E-state index contributed by atoms with van der Waals surface area (Å²) in [5.41, 5.74) is 9.08. The van der Waals surface area contributed by atoms with Crippen LogP contribution < -0.4 is 10.5 Å². The van der Waals surface area contributed by atoms with Gasteiger partial charge in [-0.1, -0.05) is 12.1 Å². The molecule has 0 bridgehead atoms. The first-order chi connectivity index (χ1) is 10.2. The zero-order valence-corrected chi connectivity index (χ0v) is 12.7. The number of hydrogen-bond donors (Lipinski definition) is 1. The Balaban J connectivity index is 1.78. The van der Waals surface area contributed by atoms with E-state index in [0.29, 0.717) is 13.2 Å². The van der Waals surface area contributed by atoms with E-state index in [1.54, 1.807) is 0 Å². The third-order valence-electron chi connectivity index (χ3n) is 4.04. The second-order valence-corrected chi connectivity index (χ2v) is 5.69. The van der Waals surface area contributed by atoms with Crippen LogP contribution in [0.1, 0.15) is 41.2 Å². The largest absolute Gasteiger partial charge is 0.485 e. The number of aromatic nitrogens is 3. The fraction of sp³-hybridized carbons (Fsp3) is 0.500. The van der Waals surface area contributed by atoms with Crippen LogP contribution in [0.5, 0.6) is 5.75 Å². The first-order valence-corrected chi connectivity index (χ1v) is 7.53. The van der Waals surface area contributed by atoms with Crippen LogP contribution in [0.15, 0.2) is 12.1 Å². The molecule has 0 amide bonds. The standard InChI is InChI=1S/C16H22N4O/c1-11-7-13(9-17)8-12(2)16(11)21-10-15-19-18-14-5-3-4-6-20(14)15/h7-8H,3-6,9-10,17H2,1-2H3. The lowest BCUT2D eigenvalue weighted by Gasteiger charge is -2.16. The van der Waals surface area contributed by atoms with Gasteiger partial charge in [-0.3, -0.25) is 0 Å². The summed E-state index contributed by atoms with van der Waals surface area (Å²) < 4.78 is 8.21. The first kappa shape index (κ1) is 14.1. The lowest BCUT2D eigenvalue weighted by atomic mass is 10.1. The molecule has 0 fully saturated rings. The highest BCUT2D eigenvalue weighted by Gasteiger charge is 2.16. The number of hydrogen-bond acceptors (Lipinski definition) is 4. The Bertz CT molecular complexity index is 625. The van der Waals surface area contributed by atoms with Crippen molar-refractivity contribution in [3.63, 3.8) is 0 Å². The molecular formula is C16H22N4O. The Labute approximate surface area is 125 Å². The van der Waals surface area contributed by atoms with E-state index < -0.39 is 0 Å². The molecule has 112 valence electrons. The topological polar surface area (TPSA) is 66.0 Å². The molecule has 0 saturated carbocycles. The van der Waals surface area contributed by atoms with Gasteiger partial charge in [0.1, 0.15) is 18.2 Å². The minimum atomic E-state index is 0.469. The summed E-state index contributed by atoms with van der Waals surface area (Å²) in [4.78, 5) is 0. The quantitative estimate of drug-likeness (QED) is 0.936. The smallest absolute Gasteiger partial charge is 0.171 e. The Kier molecular flexibility index (Phi) is 3.92. The van der Waals surface area contributed by atoms with Crippen LogP contribution in [0.4, 0.5) is 0 Å². The molecule has 2 heterocycles. The fourth-order valence-corrected chi connectivity index (χ4v) is 3.00. The molecule has 1 aliphatic heterocycles. The molecule has 0 atom stereocenters. The van der Waals surface area contributed by atoms with E-state index in [0.717, 1.165) is 47.1 Å². The number of fused-ring (bicyclic) bond motifs is 1. The highest BCUT2D eigenvalue weighted by molar-refractivity contribution is 5.43. The average Bonchev–Trinajstić information content (AvgIpc) is 2.89. The van der Waals surface area contributed by atoms with Crippen LogP contribution in [0.2, 0.25) is 0 Å². The van der Waals surface area contributed by atoms with Gasteiger partial charge in [-0.25, -0.2) is 0 Å². The summed E-state index contributed by atoms with van der Waals surface area (Å²) in [6, 6.07) is 4.17. The Morgan fingerprint density at radius 3 is 2.67 bits per heavy atom. The van der Waals surface area contributed by atoms with Gasteiger partial charge in [-0.15, -0.1) is 10.2 Å². The number of benzene rings is 1. The number of nitrogens with two attached hydrogens (primary N) is 1. The van der Waals surface area contributed by atoms with Gasteiger partial charge in [-0.2, -0.15) is 0 Å². The average molecular weight is 286 g/mol. The summed E-state index contributed by atoms with van der Waals surface area (Å²) in [7, 11) is 0. The van der Waals surface area contributed by atoms with Crippen molar-refractivity contribution in [2.24, 2.45) is 5.73 Å². The molecule has 0 saturated heterocycles. The van der Waals surface area contributed by atoms with Crippen molar-refractivity contribution in [3.05, 3.63) is 40.5 Å². The van der Waals surface area contributed by atoms with E-state index in [1.165, 1.54) is 12.8 Å². The van der Waals surface area contributed by atoms with E-state index in [2.05, 4.69) is 40.7 Å². The van der Waals surface area contributed by atoms with E-state index in [1.807, 2.05) is 0 Å². The van der Waals surface area contributed by atoms with Gasteiger partial charge in [-0.05, 0) is 43.4 Å². The molecule has 0 aliphatic carbocycles. The van der Waals surface area contributed by atoms with Gasteiger partial charge >= 0.3 is 0 Å². The monoisotopic (exact) mass is 286 g/mol. The van der Waals surface area contributed by atoms with Crippen LogP contribution in [0.3, 0.4) is 0 Å². The fourth-order valence-electron chi connectivity index (χ4n) is 3.00. The summed E-state index contributed by atoms with van der Waals surface area (Å²) in [6.45, 7) is 6.14. The van der Waals surface area contributed by atoms with E-state index >= 15 is 0 Å². The third kappa shape index (κ3) is 2.78. The molecule has 1 aliphatic rings. The van der Waals surface area contributed by atoms with Crippen molar-refractivity contribution >= 4 is 0 Å². The molecule has 2 aromatic rings. The molecule has 5 nitrogen and oxygen atoms in total. The normalized spacial score (nSPS) is 14.0.